The standard InChI is InChI=1S/C10H5BrN2O5/c11-8-5-9(13(16)17)18-10(8)6-1-3-7(4-2-6)12(14)15/h1-5H. The second kappa shape index (κ2) is 4.57. The quantitative estimate of drug-likeness (QED) is 0.637. The Bertz CT molecular complexity index is 620. The van der Waals surface area contributed by atoms with Crippen molar-refractivity contribution in [2.45, 2.75) is 0 Å². The summed E-state index contributed by atoms with van der Waals surface area (Å²) in [5.41, 5.74) is 0.455. The Morgan fingerprint density at radius 3 is 2.11 bits per heavy atom. The summed E-state index contributed by atoms with van der Waals surface area (Å²) in [6.07, 6.45) is 0. The van der Waals surface area contributed by atoms with E-state index in [-0.39, 0.29) is 11.4 Å². The van der Waals surface area contributed by atoms with Gasteiger partial charge in [-0.15, -0.1) is 0 Å². The van der Waals surface area contributed by atoms with Crippen LogP contribution in [0.2, 0.25) is 0 Å². The highest BCUT2D eigenvalue weighted by atomic mass is 79.9. The van der Waals surface area contributed by atoms with Crippen LogP contribution in [-0.2, 0) is 0 Å². The minimum absolute atomic E-state index is 0.0593. The van der Waals surface area contributed by atoms with Gasteiger partial charge in [-0.3, -0.25) is 20.2 Å². The van der Waals surface area contributed by atoms with E-state index in [1.165, 1.54) is 30.3 Å². The van der Waals surface area contributed by atoms with Crippen molar-refractivity contribution in [2.75, 3.05) is 0 Å². The van der Waals surface area contributed by atoms with Crippen LogP contribution in [0.25, 0.3) is 11.3 Å². The van der Waals surface area contributed by atoms with Crippen molar-refractivity contribution in [3.63, 3.8) is 0 Å². The van der Waals surface area contributed by atoms with Crippen LogP contribution in [0.3, 0.4) is 0 Å². The molecular formula is C10H5BrN2O5. The zero-order valence-electron chi connectivity index (χ0n) is 8.70. The molecule has 0 atom stereocenters. The lowest BCUT2D eigenvalue weighted by Gasteiger charge is -1.96. The van der Waals surface area contributed by atoms with Gasteiger partial charge in [0.2, 0.25) is 0 Å². The fourth-order valence-electron chi connectivity index (χ4n) is 1.38. The van der Waals surface area contributed by atoms with Crippen LogP contribution in [0.15, 0.2) is 39.2 Å². The van der Waals surface area contributed by atoms with E-state index < -0.39 is 15.7 Å². The van der Waals surface area contributed by atoms with E-state index in [0.717, 1.165) is 0 Å². The minimum Gasteiger partial charge on any atom is -0.399 e. The van der Waals surface area contributed by atoms with Crippen LogP contribution in [0, 0.1) is 20.2 Å². The first-order chi connectivity index (χ1) is 8.49. The number of halogens is 1. The van der Waals surface area contributed by atoms with Gasteiger partial charge < -0.3 is 4.42 Å². The Balaban J connectivity index is 2.42. The molecule has 0 unspecified atom stereocenters. The number of nitrogens with zero attached hydrogens (tertiary/aromatic N) is 2. The van der Waals surface area contributed by atoms with Gasteiger partial charge in [-0.25, -0.2) is 0 Å². The van der Waals surface area contributed by atoms with Gasteiger partial charge in [-0.05, 0) is 28.1 Å². The lowest BCUT2D eigenvalue weighted by molar-refractivity contribution is -0.401. The zero-order valence-corrected chi connectivity index (χ0v) is 10.3. The number of rotatable bonds is 3. The molecule has 1 aromatic heterocycles. The molecule has 0 spiro atoms. The number of nitro groups is 2. The van der Waals surface area contributed by atoms with E-state index in [1.807, 2.05) is 0 Å². The third-order valence-corrected chi connectivity index (χ3v) is 2.78. The highest BCUT2D eigenvalue weighted by Crippen LogP contribution is 2.35. The Morgan fingerprint density at radius 2 is 1.67 bits per heavy atom. The molecule has 0 radical (unpaired) electrons. The van der Waals surface area contributed by atoms with Gasteiger partial charge in [0.05, 0.1) is 15.5 Å². The molecule has 92 valence electrons. The van der Waals surface area contributed by atoms with Crippen LogP contribution < -0.4 is 0 Å². The zero-order chi connectivity index (χ0) is 13.3. The number of non-ortho nitro benzene ring substituents is 1. The molecule has 0 bridgehead atoms. The molecule has 18 heavy (non-hydrogen) atoms. The Morgan fingerprint density at radius 1 is 1.06 bits per heavy atom. The first-order valence-corrected chi connectivity index (χ1v) is 5.47. The van der Waals surface area contributed by atoms with Gasteiger partial charge in [0.15, 0.2) is 5.76 Å². The van der Waals surface area contributed by atoms with E-state index in [1.54, 1.807) is 0 Å². The van der Waals surface area contributed by atoms with E-state index in [4.69, 9.17) is 4.42 Å². The average molecular weight is 313 g/mol. The van der Waals surface area contributed by atoms with Gasteiger partial charge in [0.25, 0.3) is 5.69 Å². The van der Waals surface area contributed by atoms with Crippen LogP contribution >= 0.6 is 15.9 Å². The smallest absolute Gasteiger partial charge is 0.399 e. The molecule has 0 amide bonds. The maximum atomic E-state index is 10.5. The maximum Gasteiger partial charge on any atom is 0.434 e. The molecule has 0 aliphatic carbocycles. The third-order valence-electron chi connectivity index (χ3n) is 2.19. The van der Waals surface area contributed by atoms with E-state index in [2.05, 4.69) is 15.9 Å². The predicted molar refractivity (Wildman–Crippen MR) is 65.2 cm³/mol. The van der Waals surface area contributed by atoms with Crippen molar-refractivity contribution in [2.24, 2.45) is 0 Å². The Kier molecular flexibility index (Phi) is 3.11. The normalized spacial score (nSPS) is 10.3. The van der Waals surface area contributed by atoms with Gasteiger partial charge >= 0.3 is 5.88 Å². The molecular weight excluding hydrogens is 308 g/mol. The molecule has 2 aromatic rings. The van der Waals surface area contributed by atoms with Gasteiger partial charge in [0, 0.05) is 17.7 Å². The second-order valence-electron chi connectivity index (χ2n) is 3.32. The molecule has 2 rings (SSSR count). The van der Waals surface area contributed by atoms with Crippen LogP contribution in [0.1, 0.15) is 0 Å². The molecule has 0 aliphatic rings. The Labute approximate surface area is 108 Å². The largest absolute Gasteiger partial charge is 0.434 e. The van der Waals surface area contributed by atoms with Crippen LogP contribution in [0.4, 0.5) is 11.6 Å². The lowest BCUT2D eigenvalue weighted by Crippen LogP contribution is -1.86. The highest BCUT2D eigenvalue weighted by molar-refractivity contribution is 9.10. The van der Waals surface area contributed by atoms with E-state index >= 15 is 0 Å². The summed E-state index contributed by atoms with van der Waals surface area (Å²) in [4.78, 5) is 19.9. The highest BCUT2D eigenvalue weighted by Gasteiger charge is 2.19. The fraction of sp³-hybridized carbons (Fsp3) is 0. The molecule has 1 heterocycles. The topological polar surface area (TPSA) is 99.4 Å². The summed E-state index contributed by atoms with van der Waals surface area (Å²) in [7, 11) is 0. The number of furan rings is 1. The van der Waals surface area contributed by atoms with Crippen molar-refractivity contribution in [3.05, 3.63) is 55.0 Å². The first kappa shape index (κ1) is 12.2. The number of hydrogen-bond acceptors (Lipinski definition) is 5. The molecule has 7 nitrogen and oxygen atoms in total. The maximum absolute atomic E-state index is 10.5. The summed E-state index contributed by atoms with van der Waals surface area (Å²) in [5, 5.41) is 21.0. The molecule has 0 saturated heterocycles. The second-order valence-corrected chi connectivity index (χ2v) is 4.18. The van der Waals surface area contributed by atoms with Crippen molar-refractivity contribution in [3.8, 4) is 11.3 Å². The summed E-state index contributed by atoms with van der Waals surface area (Å²) in [6, 6.07) is 6.76. The van der Waals surface area contributed by atoms with Crippen molar-refractivity contribution < 1.29 is 14.3 Å². The lowest BCUT2D eigenvalue weighted by atomic mass is 10.1. The molecule has 0 N–H and O–H groups in total. The summed E-state index contributed by atoms with van der Waals surface area (Å²) in [6.45, 7) is 0. The SMILES string of the molecule is O=[N+]([O-])c1ccc(-c2oc([N+](=O)[O-])cc2Br)cc1. The number of nitro benzene ring substituents is 1. The molecule has 0 saturated carbocycles. The molecule has 1 aromatic carbocycles. The Hall–Kier alpha value is -2.22. The third kappa shape index (κ3) is 2.23. The fourth-order valence-corrected chi connectivity index (χ4v) is 1.88. The van der Waals surface area contributed by atoms with Crippen molar-refractivity contribution in [1.29, 1.82) is 0 Å². The molecule has 0 aliphatic heterocycles. The van der Waals surface area contributed by atoms with E-state index in [9.17, 15) is 20.2 Å². The first-order valence-electron chi connectivity index (χ1n) is 4.67. The van der Waals surface area contributed by atoms with Gasteiger partial charge in [-0.1, -0.05) is 0 Å². The van der Waals surface area contributed by atoms with Crippen LogP contribution in [-0.4, -0.2) is 9.85 Å². The van der Waals surface area contributed by atoms with E-state index in [0.29, 0.717) is 10.0 Å². The average Bonchev–Trinajstić information content (AvgIpc) is 2.71. The van der Waals surface area contributed by atoms with Gasteiger partial charge in [-0.2, -0.15) is 0 Å². The van der Waals surface area contributed by atoms with Crippen molar-refractivity contribution in [1.82, 2.24) is 0 Å². The monoisotopic (exact) mass is 312 g/mol. The molecule has 0 fully saturated rings. The minimum atomic E-state index is -0.653. The number of hydrogen-bond donors (Lipinski definition) is 0. The summed E-state index contributed by atoms with van der Waals surface area (Å²) >= 11 is 3.14. The summed E-state index contributed by atoms with van der Waals surface area (Å²) < 4.78 is 5.47. The van der Waals surface area contributed by atoms with Crippen LogP contribution in [0.5, 0.6) is 0 Å². The number of benzene rings is 1. The molecule has 8 heteroatoms. The predicted octanol–water partition coefficient (Wildman–Crippen LogP) is 3.53. The van der Waals surface area contributed by atoms with Crippen molar-refractivity contribution >= 4 is 27.5 Å². The van der Waals surface area contributed by atoms with Gasteiger partial charge in [0.1, 0.15) is 4.92 Å². The summed E-state index contributed by atoms with van der Waals surface area (Å²) in [5.74, 6) is -0.133.